The summed E-state index contributed by atoms with van der Waals surface area (Å²) in [6.45, 7) is 3.34. The quantitative estimate of drug-likeness (QED) is 0.403. The summed E-state index contributed by atoms with van der Waals surface area (Å²) in [4.78, 5) is 0. The van der Waals surface area contributed by atoms with Crippen LogP contribution in [0.15, 0.2) is 42.5 Å². The first-order valence-electron chi connectivity index (χ1n) is 7.93. The van der Waals surface area contributed by atoms with E-state index in [0.29, 0.717) is 0 Å². The van der Waals surface area contributed by atoms with Crippen LogP contribution < -0.4 is 0 Å². The number of hydrogen-bond acceptors (Lipinski definition) is 0. The van der Waals surface area contributed by atoms with Gasteiger partial charge in [0.05, 0.1) is 5.39 Å². The molecule has 0 radical (unpaired) electrons. The van der Waals surface area contributed by atoms with Crippen molar-refractivity contribution in [3.05, 3.63) is 42.5 Å². The van der Waals surface area contributed by atoms with E-state index in [4.69, 9.17) is 0 Å². The molecule has 20 heavy (non-hydrogen) atoms. The first-order chi connectivity index (χ1) is 9.83. The minimum absolute atomic E-state index is 1.07. The van der Waals surface area contributed by atoms with Crippen LogP contribution in [0.5, 0.6) is 5.75 Å². The monoisotopic (exact) mass is 271 g/mol. The molecule has 0 atom stereocenters. The second-order valence-electron chi connectivity index (χ2n) is 5.59. The van der Waals surface area contributed by atoms with Crippen LogP contribution in [0.4, 0.5) is 0 Å². The van der Waals surface area contributed by atoms with E-state index in [1.807, 2.05) is 0 Å². The van der Waals surface area contributed by atoms with Gasteiger partial charge < -0.3 is 4.37 Å². The molecule has 2 rings (SSSR count). The molecule has 1 nitrogen and oxygen atoms in total. The Balaban J connectivity index is 1.89. The lowest BCUT2D eigenvalue weighted by atomic mass is 10.1. The van der Waals surface area contributed by atoms with Gasteiger partial charge in [-0.05, 0) is 17.9 Å². The van der Waals surface area contributed by atoms with Crippen molar-refractivity contribution in [2.24, 2.45) is 0 Å². The Morgan fingerprint density at radius 2 is 1.50 bits per heavy atom. The lowest BCUT2D eigenvalue weighted by molar-refractivity contribution is -0.00600. The minimum atomic E-state index is 1.07. The molecule has 0 aromatic heterocycles. The highest BCUT2D eigenvalue weighted by Gasteiger charge is 2.10. The number of unbranched alkanes of at least 4 members (excludes halogenated alkanes) is 5. The molecule has 0 amide bonds. The maximum atomic E-state index is 3.27. The predicted octanol–water partition coefficient (Wildman–Crippen LogP) is 6.10. The van der Waals surface area contributed by atoms with Crippen LogP contribution in [0.3, 0.4) is 0 Å². The lowest BCUT2D eigenvalue weighted by Crippen LogP contribution is -2.04. The summed E-state index contributed by atoms with van der Waals surface area (Å²) in [5, 5.41) is 2.64. The molecule has 108 valence electrons. The minimum Gasteiger partial charge on any atom is -0.573 e. The lowest BCUT2D eigenvalue weighted by Gasteiger charge is -2.20. The van der Waals surface area contributed by atoms with Crippen LogP contribution in [0, 0.1) is 0 Å². The Morgan fingerprint density at radius 3 is 2.35 bits per heavy atom. The maximum absolute atomic E-state index is 3.27. The van der Waals surface area contributed by atoms with Crippen molar-refractivity contribution in [3.63, 3.8) is 0 Å². The molecular formula is C19H27O+. The van der Waals surface area contributed by atoms with Gasteiger partial charge >= 0.3 is 0 Å². The Bertz CT molecular complexity index is 513. The van der Waals surface area contributed by atoms with Crippen LogP contribution in [0.25, 0.3) is 10.8 Å². The van der Waals surface area contributed by atoms with Crippen molar-refractivity contribution in [1.82, 2.24) is 0 Å². The van der Waals surface area contributed by atoms with Gasteiger partial charge in [-0.2, -0.15) is 0 Å². The maximum Gasteiger partial charge on any atom is 0.263 e. The highest BCUT2D eigenvalue weighted by Crippen LogP contribution is 2.32. The fourth-order valence-electron chi connectivity index (χ4n) is 2.71. The SMILES string of the molecule is CCCCCCCC[O+](C)c1cccc2ccccc12. The predicted molar refractivity (Wildman–Crippen MR) is 88.6 cm³/mol. The largest absolute Gasteiger partial charge is 0.573 e. The summed E-state index contributed by atoms with van der Waals surface area (Å²) in [5.41, 5.74) is 0. The van der Waals surface area contributed by atoms with Gasteiger partial charge in [-0.3, -0.25) is 0 Å². The summed E-state index contributed by atoms with van der Waals surface area (Å²) in [6, 6.07) is 15.1. The molecule has 0 unspecified atom stereocenters. The molecule has 0 saturated carbocycles. The van der Waals surface area contributed by atoms with Gasteiger partial charge in [0, 0.05) is 12.5 Å². The Kier molecular flexibility index (Phi) is 5.91. The summed E-state index contributed by atoms with van der Waals surface area (Å²) in [5.74, 6) is 1.27. The molecule has 0 aliphatic carbocycles. The smallest absolute Gasteiger partial charge is 0.263 e. The summed E-state index contributed by atoms with van der Waals surface area (Å²) in [6.07, 6.45) is 8.06. The summed E-state index contributed by atoms with van der Waals surface area (Å²) in [7, 11) is 2.13. The van der Waals surface area contributed by atoms with Gasteiger partial charge in [0.1, 0.15) is 0 Å². The van der Waals surface area contributed by atoms with E-state index in [1.165, 1.54) is 55.0 Å². The van der Waals surface area contributed by atoms with Crippen molar-refractivity contribution in [2.75, 3.05) is 13.7 Å². The van der Waals surface area contributed by atoms with E-state index in [9.17, 15) is 0 Å². The molecule has 2 aromatic carbocycles. The standard InChI is InChI=1S/C19H27O/c1-3-4-5-6-7-10-16-20(2)19-15-11-13-17-12-8-9-14-18(17)19/h8-9,11-15H,3-7,10,16H2,1-2H3/q+1. The molecule has 0 spiro atoms. The Labute approximate surface area is 123 Å². The van der Waals surface area contributed by atoms with Gasteiger partial charge in [-0.25, -0.2) is 0 Å². The third-order valence-electron chi connectivity index (χ3n) is 3.93. The van der Waals surface area contributed by atoms with Gasteiger partial charge in [-0.15, -0.1) is 0 Å². The number of fused-ring (bicyclic) bond motifs is 1. The van der Waals surface area contributed by atoms with Crippen molar-refractivity contribution in [1.29, 1.82) is 0 Å². The first kappa shape index (κ1) is 14.9. The van der Waals surface area contributed by atoms with Crippen LogP contribution in [-0.4, -0.2) is 13.7 Å². The number of rotatable bonds is 8. The van der Waals surface area contributed by atoms with Gasteiger partial charge in [0.15, 0.2) is 13.7 Å². The zero-order chi connectivity index (χ0) is 14.2. The van der Waals surface area contributed by atoms with Crippen LogP contribution in [0.2, 0.25) is 0 Å². The van der Waals surface area contributed by atoms with E-state index in [0.717, 1.165) is 6.61 Å². The molecule has 0 N–H and O–H groups in total. The van der Waals surface area contributed by atoms with Gasteiger partial charge in [-0.1, -0.05) is 62.9 Å². The van der Waals surface area contributed by atoms with Crippen molar-refractivity contribution in [2.45, 2.75) is 45.4 Å². The highest BCUT2D eigenvalue weighted by molar-refractivity contribution is 5.88. The zero-order valence-corrected chi connectivity index (χ0v) is 12.9. The molecule has 0 heterocycles. The molecule has 0 aliphatic rings. The zero-order valence-electron chi connectivity index (χ0n) is 12.9. The average molecular weight is 271 g/mol. The molecule has 0 fully saturated rings. The fraction of sp³-hybridized carbons (Fsp3) is 0.474. The second kappa shape index (κ2) is 7.94. The van der Waals surface area contributed by atoms with E-state index in [2.05, 4.69) is 60.9 Å². The van der Waals surface area contributed by atoms with E-state index >= 15 is 0 Å². The Hall–Kier alpha value is -1.50. The van der Waals surface area contributed by atoms with Crippen LogP contribution in [-0.2, 0) is 4.37 Å². The van der Waals surface area contributed by atoms with E-state index < -0.39 is 0 Å². The topological polar surface area (TPSA) is 2.70 Å². The molecule has 2 aromatic rings. The average Bonchev–Trinajstić information content (AvgIpc) is 2.50. The number of benzene rings is 2. The molecule has 1 heteroatoms. The van der Waals surface area contributed by atoms with Crippen molar-refractivity contribution < 1.29 is 4.37 Å². The molecular weight excluding hydrogens is 244 g/mol. The van der Waals surface area contributed by atoms with Crippen molar-refractivity contribution in [3.8, 4) is 5.75 Å². The van der Waals surface area contributed by atoms with Gasteiger partial charge in [0.2, 0.25) is 0 Å². The molecule has 0 aliphatic heterocycles. The normalized spacial score (nSPS) is 10.9. The number of hydrogen-bond donors (Lipinski definition) is 0. The van der Waals surface area contributed by atoms with Crippen LogP contribution in [0.1, 0.15) is 45.4 Å². The summed E-state index contributed by atoms with van der Waals surface area (Å²) >= 11 is 0. The fourth-order valence-corrected chi connectivity index (χ4v) is 2.71. The first-order valence-corrected chi connectivity index (χ1v) is 7.93. The third kappa shape index (κ3) is 4.00. The molecule has 0 bridgehead atoms. The van der Waals surface area contributed by atoms with E-state index in [1.54, 1.807) is 0 Å². The third-order valence-corrected chi connectivity index (χ3v) is 3.93. The van der Waals surface area contributed by atoms with Crippen molar-refractivity contribution >= 4 is 10.8 Å². The van der Waals surface area contributed by atoms with E-state index in [-0.39, 0.29) is 0 Å². The Morgan fingerprint density at radius 1 is 0.800 bits per heavy atom. The second-order valence-corrected chi connectivity index (χ2v) is 5.59. The van der Waals surface area contributed by atoms with Crippen LogP contribution >= 0.6 is 0 Å². The van der Waals surface area contributed by atoms with Gasteiger partial charge in [0.25, 0.3) is 5.75 Å². The highest BCUT2D eigenvalue weighted by atomic mass is 16.7. The molecule has 0 saturated heterocycles. The summed E-state index contributed by atoms with van der Waals surface area (Å²) < 4.78 is 3.27.